The third kappa shape index (κ3) is 3.40. The number of nitrogen functional groups attached to an aromatic ring is 1. The van der Waals surface area contributed by atoms with Crippen molar-refractivity contribution in [2.75, 3.05) is 17.6 Å². The molecule has 5 nitrogen and oxygen atoms in total. The summed E-state index contributed by atoms with van der Waals surface area (Å²) in [6.07, 6.45) is 0. The molecule has 21 heavy (non-hydrogen) atoms. The van der Waals surface area contributed by atoms with Crippen molar-refractivity contribution in [2.24, 2.45) is 0 Å². The Labute approximate surface area is 128 Å². The third-order valence-corrected chi connectivity index (χ3v) is 4.66. The normalized spacial score (nSPS) is 11.2. The molecule has 0 spiro atoms. The number of aryl methyl sites for hydroxylation is 1. The van der Waals surface area contributed by atoms with E-state index in [4.69, 9.17) is 22.1 Å². The van der Waals surface area contributed by atoms with Gasteiger partial charge in [0.2, 0.25) is 0 Å². The van der Waals surface area contributed by atoms with E-state index in [1.54, 1.807) is 18.2 Å². The maximum Gasteiger partial charge on any atom is 0.261 e. The summed E-state index contributed by atoms with van der Waals surface area (Å²) in [4.78, 5) is 0.0968. The first kappa shape index (κ1) is 15.5. The lowest BCUT2D eigenvalue weighted by Crippen LogP contribution is -2.13. The monoisotopic (exact) mass is 326 g/mol. The second kappa shape index (κ2) is 5.83. The summed E-state index contributed by atoms with van der Waals surface area (Å²) in [5.74, 6) is 0.389. The van der Waals surface area contributed by atoms with E-state index in [9.17, 15) is 8.42 Å². The lowest BCUT2D eigenvalue weighted by Gasteiger charge is -2.11. The minimum Gasteiger partial charge on any atom is -0.495 e. The Bertz CT molecular complexity index is 776. The molecular formula is C14H15ClN2O3S. The molecule has 0 atom stereocenters. The molecule has 0 bridgehead atoms. The first-order valence-electron chi connectivity index (χ1n) is 6.06. The van der Waals surface area contributed by atoms with Gasteiger partial charge >= 0.3 is 0 Å². The highest BCUT2D eigenvalue weighted by atomic mass is 35.5. The van der Waals surface area contributed by atoms with Gasteiger partial charge in [0.25, 0.3) is 10.0 Å². The minimum atomic E-state index is -3.72. The molecule has 0 saturated carbocycles. The van der Waals surface area contributed by atoms with Crippen LogP contribution in [0.25, 0.3) is 0 Å². The summed E-state index contributed by atoms with van der Waals surface area (Å²) in [5.41, 5.74) is 7.35. The summed E-state index contributed by atoms with van der Waals surface area (Å²) in [5, 5.41) is 0.403. The van der Waals surface area contributed by atoms with Gasteiger partial charge in [0, 0.05) is 11.8 Å². The highest BCUT2D eigenvalue weighted by Gasteiger charge is 2.16. The Balaban J connectivity index is 2.35. The molecule has 0 aliphatic carbocycles. The number of nitrogens with one attached hydrogen (secondary N) is 1. The predicted molar refractivity (Wildman–Crippen MR) is 84.4 cm³/mol. The summed E-state index contributed by atoms with van der Waals surface area (Å²) in [7, 11) is -2.26. The van der Waals surface area contributed by atoms with E-state index < -0.39 is 10.0 Å². The SMILES string of the molecule is COc1cc(NS(=O)(=O)c2ccc(C)c(N)c2)ccc1Cl. The number of hydrogen-bond donors (Lipinski definition) is 2. The van der Waals surface area contributed by atoms with Crippen molar-refractivity contribution < 1.29 is 13.2 Å². The number of ether oxygens (including phenoxy) is 1. The van der Waals surface area contributed by atoms with Crippen LogP contribution in [0.2, 0.25) is 5.02 Å². The molecule has 2 aromatic carbocycles. The van der Waals surface area contributed by atoms with Crippen LogP contribution in [0.5, 0.6) is 5.75 Å². The number of hydrogen-bond acceptors (Lipinski definition) is 4. The molecule has 0 heterocycles. The average molecular weight is 327 g/mol. The molecule has 0 amide bonds. The van der Waals surface area contributed by atoms with Crippen molar-refractivity contribution in [3.63, 3.8) is 0 Å². The second-order valence-electron chi connectivity index (χ2n) is 4.47. The van der Waals surface area contributed by atoms with Gasteiger partial charge in [-0.05, 0) is 36.8 Å². The number of methoxy groups -OCH3 is 1. The summed E-state index contributed by atoms with van der Waals surface area (Å²) in [6.45, 7) is 1.81. The second-order valence-corrected chi connectivity index (χ2v) is 6.56. The fourth-order valence-electron chi connectivity index (χ4n) is 1.72. The van der Waals surface area contributed by atoms with E-state index in [-0.39, 0.29) is 4.90 Å². The molecule has 7 heteroatoms. The molecule has 0 saturated heterocycles. The molecule has 0 aromatic heterocycles. The van der Waals surface area contributed by atoms with Gasteiger partial charge in [0.1, 0.15) is 5.75 Å². The Morgan fingerprint density at radius 2 is 1.90 bits per heavy atom. The summed E-state index contributed by atoms with van der Waals surface area (Å²) < 4.78 is 32.1. The van der Waals surface area contributed by atoms with E-state index in [2.05, 4.69) is 4.72 Å². The number of anilines is 2. The van der Waals surface area contributed by atoms with Crippen molar-refractivity contribution in [2.45, 2.75) is 11.8 Å². The topological polar surface area (TPSA) is 81.4 Å². The van der Waals surface area contributed by atoms with Gasteiger partial charge in [0.15, 0.2) is 0 Å². The number of sulfonamides is 1. The number of rotatable bonds is 4. The van der Waals surface area contributed by atoms with Crippen molar-refractivity contribution in [3.8, 4) is 5.75 Å². The highest BCUT2D eigenvalue weighted by Crippen LogP contribution is 2.29. The van der Waals surface area contributed by atoms with Crippen LogP contribution in [-0.4, -0.2) is 15.5 Å². The number of halogens is 1. The zero-order chi connectivity index (χ0) is 15.6. The van der Waals surface area contributed by atoms with Crippen LogP contribution < -0.4 is 15.2 Å². The van der Waals surface area contributed by atoms with Gasteiger partial charge in [-0.25, -0.2) is 8.42 Å². The predicted octanol–water partition coefficient (Wildman–Crippen LogP) is 3.04. The molecule has 0 fully saturated rings. The van der Waals surface area contributed by atoms with Crippen molar-refractivity contribution in [1.82, 2.24) is 0 Å². The molecule has 2 aromatic rings. The van der Waals surface area contributed by atoms with Gasteiger partial charge in [-0.2, -0.15) is 0 Å². The highest BCUT2D eigenvalue weighted by molar-refractivity contribution is 7.92. The molecule has 0 aliphatic rings. The lowest BCUT2D eigenvalue weighted by atomic mass is 10.2. The maximum absolute atomic E-state index is 12.3. The minimum absolute atomic E-state index is 0.0968. The van der Waals surface area contributed by atoms with E-state index in [1.165, 1.54) is 25.3 Å². The van der Waals surface area contributed by atoms with E-state index in [0.29, 0.717) is 22.1 Å². The van der Waals surface area contributed by atoms with Crippen LogP contribution >= 0.6 is 11.6 Å². The van der Waals surface area contributed by atoms with E-state index >= 15 is 0 Å². The number of benzene rings is 2. The van der Waals surface area contributed by atoms with Gasteiger partial charge in [-0.3, -0.25) is 4.72 Å². The van der Waals surface area contributed by atoms with Crippen LogP contribution in [-0.2, 0) is 10.0 Å². The van der Waals surface area contributed by atoms with Gasteiger partial charge in [0.05, 0.1) is 22.7 Å². The van der Waals surface area contributed by atoms with Gasteiger partial charge < -0.3 is 10.5 Å². The molecule has 112 valence electrons. The Hall–Kier alpha value is -1.92. The third-order valence-electron chi connectivity index (χ3n) is 2.96. The molecular weight excluding hydrogens is 312 g/mol. The zero-order valence-electron chi connectivity index (χ0n) is 11.6. The molecule has 2 rings (SSSR count). The molecule has 0 unspecified atom stereocenters. The summed E-state index contributed by atoms with van der Waals surface area (Å²) in [6, 6.07) is 9.21. The van der Waals surface area contributed by atoms with Crippen LogP contribution in [0.15, 0.2) is 41.3 Å². The lowest BCUT2D eigenvalue weighted by molar-refractivity contribution is 0.415. The molecule has 0 aliphatic heterocycles. The Kier molecular flexibility index (Phi) is 4.29. The largest absolute Gasteiger partial charge is 0.495 e. The Morgan fingerprint density at radius 3 is 2.52 bits per heavy atom. The smallest absolute Gasteiger partial charge is 0.261 e. The Morgan fingerprint density at radius 1 is 1.19 bits per heavy atom. The van der Waals surface area contributed by atoms with Gasteiger partial charge in [-0.15, -0.1) is 0 Å². The van der Waals surface area contributed by atoms with E-state index in [1.807, 2.05) is 6.92 Å². The van der Waals surface area contributed by atoms with Crippen LogP contribution in [0.3, 0.4) is 0 Å². The van der Waals surface area contributed by atoms with Gasteiger partial charge in [-0.1, -0.05) is 17.7 Å². The standard InChI is InChI=1S/C14H15ClN2O3S/c1-9-3-5-11(8-13(9)16)21(18,19)17-10-4-6-12(15)14(7-10)20-2/h3-8,17H,16H2,1-2H3. The van der Waals surface area contributed by atoms with Crippen LogP contribution in [0.1, 0.15) is 5.56 Å². The van der Waals surface area contributed by atoms with E-state index in [0.717, 1.165) is 5.56 Å². The average Bonchev–Trinajstić information content (AvgIpc) is 2.43. The first-order valence-corrected chi connectivity index (χ1v) is 7.92. The quantitative estimate of drug-likeness (QED) is 0.846. The fourth-order valence-corrected chi connectivity index (χ4v) is 3.00. The number of nitrogens with two attached hydrogens (primary N) is 1. The summed E-state index contributed by atoms with van der Waals surface area (Å²) >= 11 is 5.90. The van der Waals surface area contributed by atoms with Crippen molar-refractivity contribution in [3.05, 3.63) is 47.0 Å². The zero-order valence-corrected chi connectivity index (χ0v) is 13.1. The molecule has 3 N–H and O–H groups in total. The van der Waals surface area contributed by atoms with Crippen LogP contribution in [0, 0.1) is 6.92 Å². The van der Waals surface area contributed by atoms with Crippen molar-refractivity contribution in [1.29, 1.82) is 0 Å². The maximum atomic E-state index is 12.3. The van der Waals surface area contributed by atoms with Crippen LogP contribution in [0.4, 0.5) is 11.4 Å². The van der Waals surface area contributed by atoms with Crippen molar-refractivity contribution >= 4 is 33.0 Å². The first-order chi connectivity index (χ1) is 9.83. The fraction of sp³-hybridized carbons (Fsp3) is 0.143. The molecule has 0 radical (unpaired) electrons.